The van der Waals surface area contributed by atoms with E-state index in [1.165, 1.54) is 16.4 Å². The van der Waals surface area contributed by atoms with Gasteiger partial charge in [-0.25, -0.2) is 12.8 Å². The molecule has 2 rings (SSSR count). The molecule has 0 N–H and O–H groups in total. The van der Waals surface area contributed by atoms with Crippen LogP contribution in [0.4, 0.5) is 4.39 Å². The fourth-order valence-corrected chi connectivity index (χ4v) is 3.78. The van der Waals surface area contributed by atoms with Crippen LogP contribution in [0.2, 0.25) is 0 Å². The third-order valence-electron chi connectivity index (χ3n) is 3.21. The molecule has 0 spiro atoms. The summed E-state index contributed by atoms with van der Waals surface area (Å²) < 4.78 is 40.0. The normalized spacial score (nSPS) is 19.3. The van der Waals surface area contributed by atoms with Crippen molar-refractivity contribution in [2.24, 2.45) is 0 Å². The fourth-order valence-electron chi connectivity index (χ4n) is 2.05. The lowest BCUT2D eigenvalue weighted by Crippen LogP contribution is -2.34. The van der Waals surface area contributed by atoms with E-state index in [1.807, 2.05) is 7.05 Å². The summed E-state index contributed by atoms with van der Waals surface area (Å²) in [5, 5.41) is 0. The molecule has 1 fully saturated rings. The first kappa shape index (κ1) is 14.9. The molecule has 4 nitrogen and oxygen atoms in total. The molecule has 7 heteroatoms. The van der Waals surface area contributed by atoms with E-state index in [1.54, 1.807) is 0 Å². The van der Waals surface area contributed by atoms with Crippen LogP contribution in [-0.2, 0) is 10.0 Å². The summed E-state index contributed by atoms with van der Waals surface area (Å²) >= 11 is 3.02. The lowest BCUT2D eigenvalue weighted by Gasteiger charge is -2.20. The van der Waals surface area contributed by atoms with Crippen molar-refractivity contribution in [2.75, 3.05) is 33.2 Å². The van der Waals surface area contributed by atoms with Gasteiger partial charge in [-0.15, -0.1) is 0 Å². The minimum Gasteiger partial charge on any atom is -0.305 e. The van der Waals surface area contributed by atoms with Crippen molar-refractivity contribution in [2.45, 2.75) is 11.3 Å². The van der Waals surface area contributed by atoms with Crippen LogP contribution in [0.3, 0.4) is 0 Å². The zero-order valence-corrected chi connectivity index (χ0v) is 13.0. The number of hydrogen-bond acceptors (Lipinski definition) is 3. The van der Waals surface area contributed by atoms with Gasteiger partial charge in [0, 0.05) is 19.6 Å². The van der Waals surface area contributed by atoms with Crippen molar-refractivity contribution in [1.82, 2.24) is 9.21 Å². The molecule has 1 heterocycles. The molecule has 1 aromatic rings. The Morgan fingerprint density at radius 2 is 1.95 bits per heavy atom. The Bertz CT molecular complexity index is 565. The van der Waals surface area contributed by atoms with Crippen molar-refractivity contribution < 1.29 is 12.8 Å². The Morgan fingerprint density at radius 3 is 2.63 bits per heavy atom. The number of rotatable bonds is 2. The van der Waals surface area contributed by atoms with E-state index in [9.17, 15) is 12.8 Å². The van der Waals surface area contributed by atoms with Crippen LogP contribution in [0.25, 0.3) is 0 Å². The number of likely N-dealkylation sites (N-methyl/N-ethyl adjacent to an activating group) is 1. The second-order valence-electron chi connectivity index (χ2n) is 4.64. The average molecular weight is 351 g/mol. The second kappa shape index (κ2) is 5.87. The molecular weight excluding hydrogens is 335 g/mol. The second-order valence-corrected chi connectivity index (χ2v) is 7.43. The van der Waals surface area contributed by atoms with Crippen molar-refractivity contribution in [3.8, 4) is 0 Å². The lowest BCUT2D eigenvalue weighted by molar-refractivity contribution is 0.347. The van der Waals surface area contributed by atoms with E-state index in [0.29, 0.717) is 19.6 Å². The first-order valence-electron chi connectivity index (χ1n) is 6.05. The quantitative estimate of drug-likeness (QED) is 0.817. The summed E-state index contributed by atoms with van der Waals surface area (Å²) in [6, 6.07) is 3.91. The van der Waals surface area contributed by atoms with Crippen LogP contribution in [0, 0.1) is 5.82 Å². The van der Waals surface area contributed by atoms with E-state index in [-0.39, 0.29) is 9.37 Å². The maximum Gasteiger partial charge on any atom is 0.243 e. The van der Waals surface area contributed by atoms with E-state index in [4.69, 9.17) is 0 Å². The Kier molecular flexibility index (Phi) is 4.60. The predicted octanol–water partition coefficient (Wildman–Crippen LogP) is 1.91. The number of benzene rings is 1. The van der Waals surface area contributed by atoms with E-state index in [2.05, 4.69) is 20.8 Å². The Labute approximate surface area is 121 Å². The van der Waals surface area contributed by atoms with Crippen LogP contribution in [-0.4, -0.2) is 50.8 Å². The summed E-state index contributed by atoms with van der Waals surface area (Å²) in [7, 11) is -1.63. The molecule has 19 heavy (non-hydrogen) atoms. The molecule has 0 aliphatic carbocycles. The van der Waals surface area contributed by atoms with E-state index < -0.39 is 15.8 Å². The van der Waals surface area contributed by atoms with Crippen molar-refractivity contribution in [1.29, 1.82) is 0 Å². The number of sulfonamides is 1. The highest BCUT2D eigenvalue weighted by Gasteiger charge is 2.26. The summed E-state index contributed by atoms with van der Waals surface area (Å²) in [6.45, 7) is 2.49. The van der Waals surface area contributed by atoms with Gasteiger partial charge >= 0.3 is 0 Å². The molecule has 0 bridgehead atoms. The molecule has 1 aliphatic heterocycles. The van der Waals surface area contributed by atoms with Crippen molar-refractivity contribution >= 4 is 26.0 Å². The van der Waals surface area contributed by atoms with Crippen LogP contribution in [0.15, 0.2) is 27.6 Å². The molecule has 1 aromatic carbocycles. The molecule has 0 amide bonds. The molecule has 106 valence electrons. The Hall–Kier alpha value is -0.500. The summed E-state index contributed by atoms with van der Waals surface area (Å²) in [6.07, 6.45) is 0.786. The van der Waals surface area contributed by atoms with Gasteiger partial charge in [0.05, 0.1) is 9.37 Å². The maximum absolute atomic E-state index is 13.5. The smallest absolute Gasteiger partial charge is 0.243 e. The highest BCUT2D eigenvalue weighted by Crippen LogP contribution is 2.22. The van der Waals surface area contributed by atoms with Gasteiger partial charge in [0.2, 0.25) is 10.0 Å². The lowest BCUT2D eigenvalue weighted by atomic mass is 10.3. The van der Waals surface area contributed by atoms with Crippen LogP contribution in [0.1, 0.15) is 6.42 Å². The van der Waals surface area contributed by atoms with Gasteiger partial charge in [-0.3, -0.25) is 0 Å². The standard InChI is InChI=1S/C12H16BrFN2O2S/c1-15-5-2-6-16(8-7-15)19(17,18)10-3-4-11(13)12(14)9-10/h3-4,9H,2,5-8H2,1H3. The third kappa shape index (κ3) is 3.34. The molecule has 0 unspecified atom stereocenters. The Morgan fingerprint density at radius 1 is 1.21 bits per heavy atom. The topological polar surface area (TPSA) is 40.6 Å². The van der Waals surface area contributed by atoms with Crippen molar-refractivity contribution in [3.05, 3.63) is 28.5 Å². The molecule has 1 aliphatic rings. The minimum atomic E-state index is -3.60. The number of halogens is 2. The average Bonchev–Trinajstić information content (AvgIpc) is 2.57. The van der Waals surface area contributed by atoms with E-state index >= 15 is 0 Å². The zero-order valence-electron chi connectivity index (χ0n) is 10.6. The summed E-state index contributed by atoms with van der Waals surface area (Å²) in [4.78, 5) is 2.11. The van der Waals surface area contributed by atoms with Crippen LogP contribution < -0.4 is 0 Å². The first-order valence-corrected chi connectivity index (χ1v) is 8.28. The first-order chi connectivity index (χ1) is 8.91. The molecule has 0 saturated carbocycles. The molecule has 0 radical (unpaired) electrons. The number of hydrogen-bond donors (Lipinski definition) is 0. The highest BCUT2D eigenvalue weighted by molar-refractivity contribution is 9.10. The minimum absolute atomic E-state index is 0.0118. The van der Waals surface area contributed by atoms with Gasteiger partial charge in [-0.1, -0.05) is 0 Å². The molecule has 0 atom stereocenters. The SMILES string of the molecule is CN1CCCN(S(=O)(=O)c2ccc(Br)c(F)c2)CC1. The largest absolute Gasteiger partial charge is 0.305 e. The van der Waals surface area contributed by atoms with Crippen molar-refractivity contribution in [3.63, 3.8) is 0 Å². The molecule has 0 aromatic heterocycles. The molecular formula is C12H16BrFN2O2S. The fraction of sp³-hybridized carbons (Fsp3) is 0.500. The van der Waals surface area contributed by atoms with Gasteiger partial charge in [-0.2, -0.15) is 4.31 Å². The monoisotopic (exact) mass is 350 g/mol. The van der Waals surface area contributed by atoms with Gasteiger partial charge < -0.3 is 4.90 Å². The Balaban J connectivity index is 2.28. The van der Waals surface area contributed by atoms with Crippen LogP contribution >= 0.6 is 15.9 Å². The van der Waals surface area contributed by atoms with Gasteiger partial charge in [0.1, 0.15) is 5.82 Å². The molecule has 1 saturated heterocycles. The van der Waals surface area contributed by atoms with Gasteiger partial charge in [-0.05, 0) is 54.1 Å². The third-order valence-corrected chi connectivity index (χ3v) is 5.75. The van der Waals surface area contributed by atoms with Gasteiger partial charge in [0.15, 0.2) is 0 Å². The summed E-state index contributed by atoms with van der Waals surface area (Å²) in [5.74, 6) is -0.562. The van der Waals surface area contributed by atoms with Crippen LogP contribution in [0.5, 0.6) is 0 Å². The highest BCUT2D eigenvalue weighted by atomic mass is 79.9. The summed E-state index contributed by atoms with van der Waals surface area (Å²) in [5.41, 5.74) is 0. The maximum atomic E-state index is 13.5. The van der Waals surface area contributed by atoms with Gasteiger partial charge in [0.25, 0.3) is 0 Å². The zero-order chi connectivity index (χ0) is 14.0. The predicted molar refractivity (Wildman–Crippen MR) is 75.0 cm³/mol. The number of nitrogens with zero attached hydrogens (tertiary/aromatic N) is 2. The van der Waals surface area contributed by atoms with E-state index in [0.717, 1.165) is 19.0 Å².